The SMILES string of the molecule is Cc1ccc(C)c(C(O)=C2C(=O)C(=O)N(CCN3CCOCC3)C2c2cccc(O)c2)c1. The van der Waals surface area contributed by atoms with Gasteiger partial charge < -0.3 is 19.8 Å². The van der Waals surface area contributed by atoms with Crippen molar-refractivity contribution in [3.05, 3.63) is 70.3 Å². The average Bonchev–Trinajstić information content (AvgIpc) is 3.04. The van der Waals surface area contributed by atoms with Crippen LogP contribution in [0.1, 0.15) is 28.3 Å². The lowest BCUT2D eigenvalue weighted by atomic mass is 9.93. The Kier molecular flexibility index (Phi) is 6.30. The highest BCUT2D eigenvalue weighted by Gasteiger charge is 2.46. The van der Waals surface area contributed by atoms with E-state index >= 15 is 0 Å². The largest absolute Gasteiger partial charge is 0.508 e. The van der Waals surface area contributed by atoms with Gasteiger partial charge in [-0.05, 0) is 43.2 Å². The van der Waals surface area contributed by atoms with Crippen molar-refractivity contribution in [3.63, 3.8) is 0 Å². The topological polar surface area (TPSA) is 90.3 Å². The molecule has 4 rings (SSSR count). The van der Waals surface area contributed by atoms with Crippen LogP contribution in [0.3, 0.4) is 0 Å². The molecule has 7 heteroatoms. The van der Waals surface area contributed by atoms with Crippen molar-refractivity contribution in [2.75, 3.05) is 39.4 Å². The van der Waals surface area contributed by atoms with Crippen molar-refractivity contribution in [3.8, 4) is 5.75 Å². The number of benzene rings is 2. The van der Waals surface area contributed by atoms with Gasteiger partial charge in [-0.3, -0.25) is 14.5 Å². The summed E-state index contributed by atoms with van der Waals surface area (Å²) < 4.78 is 5.39. The summed E-state index contributed by atoms with van der Waals surface area (Å²) >= 11 is 0. The number of nitrogens with zero attached hydrogens (tertiary/aromatic N) is 2. The number of aromatic hydroxyl groups is 1. The molecule has 7 nitrogen and oxygen atoms in total. The number of ketones is 1. The zero-order chi connectivity index (χ0) is 22.8. The number of rotatable bonds is 5. The summed E-state index contributed by atoms with van der Waals surface area (Å²) in [5, 5.41) is 21.3. The molecule has 32 heavy (non-hydrogen) atoms. The Balaban J connectivity index is 1.78. The van der Waals surface area contributed by atoms with Crippen molar-refractivity contribution in [1.82, 2.24) is 9.80 Å². The van der Waals surface area contributed by atoms with Crippen LogP contribution in [0.5, 0.6) is 5.75 Å². The molecular formula is C25H28N2O5. The van der Waals surface area contributed by atoms with Crippen molar-refractivity contribution in [1.29, 1.82) is 0 Å². The zero-order valence-corrected chi connectivity index (χ0v) is 18.4. The molecule has 0 radical (unpaired) electrons. The monoisotopic (exact) mass is 436 g/mol. The molecule has 0 bridgehead atoms. The smallest absolute Gasteiger partial charge is 0.295 e. The van der Waals surface area contributed by atoms with E-state index in [1.807, 2.05) is 32.0 Å². The first kappa shape index (κ1) is 22.0. The van der Waals surface area contributed by atoms with Crippen LogP contribution in [0.2, 0.25) is 0 Å². The number of aliphatic hydroxyl groups excluding tert-OH is 1. The predicted molar refractivity (Wildman–Crippen MR) is 120 cm³/mol. The molecule has 2 aromatic carbocycles. The van der Waals surface area contributed by atoms with Crippen LogP contribution >= 0.6 is 0 Å². The lowest BCUT2D eigenvalue weighted by Gasteiger charge is -2.31. The molecule has 1 unspecified atom stereocenters. The van der Waals surface area contributed by atoms with Crippen LogP contribution in [0, 0.1) is 13.8 Å². The van der Waals surface area contributed by atoms with Gasteiger partial charge in [-0.15, -0.1) is 0 Å². The maximum Gasteiger partial charge on any atom is 0.295 e. The molecule has 1 amide bonds. The molecule has 0 spiro atoms. The van der Waals surface area contributed by atoms with Crippen molar-refractivity contribution in [2.45, 2.75) is 19.9 Å². The Bertz CT molecular complexity index is 1070. The van der Waals surface area contributed by atoms with Gasteiger partial charge in [-0.25, -0.2) is 0 Å². The first-order valence-electron chi connectivity index (χ1n) is 10.8. The van der Waals surface area contributed by atoms with Crippen LogP contribution in [0.25, 0.3) is 5.76 Å². The first-order valence-corrected chi connectivity index (χ1v) is 10.8. The summed E-state index contributed by atoms with van der Waals surface area (Å²) in [4.78, 5) is 29.9. The maximum atomic E-state index is 13.1. The third kappa shape index (κ3) is 4.26. The second-order valence-corrected chi connectivity index (χ2v) is 8.36. The predicted octanol–water partition coefficient (Wildman–Crippen LogP) is 2.76. The molecule has 2 aliphatic rings. The first-order chi connectivity index (χ1) is 15.4. The fraction of sp³-hybridized carbons (Fsp3) is 0.360. The molecule has 168 valence electrons. The number of carbonyl (C=O) groups excluding carboxylic acids is 2. The van der Waals surface area contributed by atoms with E-state index in [9.17, 15) is 19.8 Å². The third-order valence-corrected chi connectivity index (χ3v) is 6.13. The number of hydrogen-bond acceptors (Lipinski definition) is 6. The summed E-state index contributed by atoms with van der Waals surface area (Å²) in [6.07, 6.45) is 0. The Morgan fingerprint density at radius 2 is 1.81 bits per heavy atom. The number of carbonyl (C=O) groups is 2. The molecule has 0 saturated carbocycles. The number of aryl methyl sites for hydroxylation is 2. The highest BCUT2D eigenvalue weighted by Crippen LogP contribution is 2.40. The van der Waals surface area contributed by atoms with Gasteiger partial charge in [0, 0.05) is 31.7 Å². The van der Waals surface area contributed by atoms with E-state index < -0.39 is 17.7 Å². The van der Waals surface area contributed by atoms with Gasteiger partial charge in [0.05, 0.1) is 24.8 Å². The fourth-order valence-corrected chi connectivity index (χ4v) is 4.36. The van der Waals surface area contributed by atoms with Crippen molar-refractivity contribution >= 4 is 17.4 Å². The number of phenols is 1. The van der Waals surface area contributed by atoms with Gasteiger partial charge >= 0.3 is 0 Å². The number of ether oxygens (including phenoxy) is 1. The molecule has 0 aliphatic carbocycles. The molecular weight excluding hydrogens is 408 g/mol. The minimum Gasteiger partial charge on any atom is -0.508 e. The summed E-state index contributed by atoms with van der Waals surface area (Å²) in [7, 11) is 0. The van der Waals surface area contributed by atoms with Gasteiger partial charge in [-0.2, -0.15) is 0 Å². The fourth-order valence-electron chi connectivity index (χ4n) is 4.36. The van der Waals surface area contributed by atoms with Gasteiger partial charge in [0.2, 0.25) is 0 Å². The van der Waals surface area contributed by atoms with Gasteiger partial charge in [-0.1, -0.05) is 29.8 Å². The lowest BCUT2D eigenvalue weighted by Crippen LogP contribution is -2.42. The molecule has 1 atom stereocenters. The molecule has 2 aromatic rings. The number of hydrogen-bond donors (Lipinski definition) is 2. The molecule has 2 fully saturated rings. The normalized spacial score (nSPS) is 21.3. The van der Waals surface area contributed by atoms with Crippen LogP contribution in [0.4, 0.5) is 0 Å². The molecule has 2 heterocycles. The number of likely N-dealkylation sites (tertiary alicyclic amines) is 1. The Hall–Kier alpha value is -3.16. The highest BCUT2D eigenvalue weighted by atomic mass is 16.5. The second-order valence-electron chi connectivity index (χ2n) is 8.36. The minimum absolute atomic E-state index is 0.0352. The van der Waals surface area contributed by atoms with Crippen molar-refractivity contribution < 1.29 is 24.5 Å². The quantitative estimate of drug-likeness (QED) is 0.426. The third-order valence-electron chi connectivity index (χ3n) is 6.13. The highest BCUT2D eigenvalue weighted by molar-refractivity contribution is 6.46. The summed E-state index contributed by atoms with van der Waals surface area (Å²) in [6, 6.07) is 11.3. The second kappa shape index (κ2) is 9.14. The average molecular weight is 437 g/mol. The van der Waals surface area contributed by atoms with E-state index in [0.717, 1.165) is 24.2 Å². The van der Waals surface area contributed by atoms with Gasteiger partial charge in [0.1, 0.15) is 11.5 Å². The van der Waals surface area contributed by atoms with E-state index in [2.05, 4.69) is 4.90 Å². The van der Waals surface area contributed by atoms with E-state index in [0.29, 0.717) is 37.4 Å². The number of aliphatic hydroxyl groups is 1. The molecule has 2 aliphatic heterocycles. The number of amides is 1. The standard InChI is InChI=1S/C25H28N2O5/c1-16-6-7-17(2)20(14-16)23(29)21-22(18-4-3-5-19(28)15-18)27(25(31)24(21)30)9-8-26-10-12-32-13-11-26/h3-7,14-15,22,28-29H,8-13H2,1-2H3. The van der Waals surface area contributed by atoms with Crippen LogP contribution in [0.15, 0.2) is 48.0 Å². The summed E-state index contributed by atoms with van der Waals surface area (Å²) in [6.45, 7) is 7.50. The van der Waals surface area contributed by atoms with Gasteiger partial charge in [0.25, 0.3) is 11.7 Å². The molecule has 2 saturated heterocycles. The number of Topliss-reactive ketones (excluding diaryl/α,β-unsaturated/α-hetero) is 1. The van der Waals surface area contributed by atoms with Crippen LogP contribution in [-0.4, -0.2) is 71.1 Å². The van der Waals surface area contributed by atoms with Crippen LogP contribution in [-0.2, 0) is 14.3 Å². The maximum absolute atomic E-state index is 13.1. The van der Waals surface area contributed by atoms with E-state index in [1.54, 1.807) is 12.1 Å². The van der Waals surface area contributed by atoms with Gasteiger partial charge in [0.15, 0.2) is 0 Å². The minimum atomic E-state index is -0.775. The van der Waals surface area contributed by atoms with E-state index in [4.69, 9.17) is 4.74 Å². The van der Waals surface area contributed by atoms with Crippen molar-refractivity contribution in [2.24, 2.45) is 0 Å². The van der Waals surface area contributed by atoms with Crippen LogP contribution < -0.4 is 0 Å². The Labute approximate surface area is 187 Å². The van der Waals surface area contributed by atoms with E-state index in [-0.39, 0.29) is 17.1 Å². The summed E-state index contributed by atoms with van der Waals surface area (Å²) in [5.41, 5.74) is 2.91. The number of phenolic OH excluding ortho intramolecular Hbond substituents is 1. The molecule has 0 aromatic heterocycles. The Morgan fingerprint density at radius 3 is 2.53 bits per heavy atom. The molecule has 2 N–H and O–H groups in total. The number of morpholine rings is 1. The lowest BCUT2D eigenvalue weighted by molar-refractivity contribution is -0.140. The Morgan fingerprint density at radius 1 is 1.06 bits per heavy atom. The zero-order valence-electron chi connectivity index (χ0n) is 18.4. The van der Waals surface area contributed by atoms with E-state index in [1.165, 1.54) is 17.0 Å². The summed E-state index contributed by atoms with van der Waals surface area (Å²) in [5.74, 6) is -1.50.